The van der Waals surface area contributed by atoms with Gasteiger partial charge in [0.05, 0.1) is 12.3 Å². The molecule has 20 heavy (non-hydrogen) atoms. The van der Waals surface area contributed by atoms with Gasteiger partial charge in [0.15, 0.2) is 0 Å². The Kier molecular flexibility index (Phi) is 4.79. The Bertz CT molecular complexity index is 431. The highest BCUT2D eigenvalue weighted by Gasteiger charge is 2.31. The molecule has 1 heterocycles. The fourth-order valence-electron chi connectivity index (χ4n) is 3.20. The second kappa shape index (κ2) is 6.38. The van der Waals surface area contributed by atoms with Gasteiger partial charge < -0.3 is 15.4 Å². The number of nitrogens with two attached hydrogens (primary N) is 1. The summed E-state index contributed by atoms with van der Waals surface area (Å²) in [6.45, 7) is 9.58. The van der Waals surface area contributed by atoms with Gasteiger partial charge in [-0.1, -0.05) is 26.7 Å². The Morgan fingerprint density at radius 2 is 1.80 bits per heavy atom. The van der Waals surface area contributed by atoms with E-state index in [0.29, 0.717) is 12.0 Å². The Labute approximate surface area is 123 Å². The molecule has 2 rings (SSSR count). The average molecular weight is 276 g/mol. The predicted molar refractivity (Wildman–Crippen MR) is 86.5 cm³/mol. The van der Waals surface area contributed by atoms with Crippen molar-refractivity contribution in [2.75, 3.05) is 30.3 Å². The molecule has 3 heteroatoms. The number of benzene rings is 1. The molecule has 0 saturated carbocycles. The zero-order chi connectivity index (χ0) is 14.6. The van der Waals surface area contributed by atoms with E-state index in [2.05, 4.69) is 30.9 Å². The lowest BCUT2D eigenvalue weighted by molar-refractivity contribution is 0.199. The molecule has 1 aromatic rings. The van der Waals surface area contributed by atoms with Crippen LogP contribution in [-0.2, 0) is 0 Å². The predicted octanol–water partition coefficient (Wildman–Crippen LogP) is 4.07. The Hall–Kier alpha value is -1.38. The third-order valence-electron chi connectivity index (χ3n) is 4.99. The highest BCUT2D eigenvalue weighted by molar-refractivity contribution is 5.62. The maximum absolute atomic E-state index is 5.95. The lowest BCUT2D eigenvalue weighted by Crippen LogP contribution is -2.39. The molecule has 0 amide bonds. The highest BCUT2D eigenvalue weighted by atomic mass is 16.5. The molecule has 1 aromatic carbocycles. The molecule has 0 atom stereocenters. The van der Waals surface area contributed by atoms with Crippen LogP contribution in [0.2, 0.25) is 0 Å². The van der Waals surface area contributed by atoms with Gasteiger partial charge in [0.1, 0.15) is 5.75 Å². The molecule has 0 aromatic heterocycles. The van der Waals surface area contributed by atoms with Crippen LogP contribution < -0.4 is 15.4 Å². The molecule has 3 nitrogen and oxygen atoms in total. The zero-order valence-corrected chi connectivity index (χ0v) is 13.1. The Morgan fingerprint density at radius 3 is 2.35 bits per heavy atom. The molecule has 0 aliphatic carbocycles. The van der Waals surface area contributed by atoms with Crippen LogP contribution in [0.4, 0.5) is 11.4 Å². The van der Waals surface area contributed by atoms with Gasteiger partial charge in [-0.25, -0.2) is 0 Å². The van der Waals surface area contributed by atoms with Crippen LogP contribution >= 0.6 is 0 Å². The number of hydrogen-bond donors (Lipinski definition) is 1. The summed E-state index contributed by atoms with van der Waals surface area (Å²) < 4.78 is 5.60. The van der Waals surface area contributed by atoms with Gasteiger partial charge >= 0.3 is 0 Å². The van der Waals surface area contributed by atoms with Crippen molar-refractivity contribution in [1.82, 2.24) is 0 Å². The summed E-state index contributed by atoms with van der Waals surface area (Å²) in [5.41, 5.74) is 8.48. The molecule has 0 spiro atoms. The second-order valence-corrected chi connectivity index (χ2v) is 5.85. The Morgan fingerprint density at radius 1 is 1.15 bits per heavy atom. The van der Waals surface area contributed by atoms with E-state index < -0.39 is 0 Å². The third-order valence-corrected chi connectivity index (χ3v) is 4.99. The minimum absolute atomic E-state index is 0.563. The average Bonchev–Trinajstić information content (AvgIpc) is 2.50. The first kappa shape index (κ1) is 15.0. The SMILES string of the molecule is CCOc1cc(N2CCC(CC)(CC)CC2)ccc1N. The highest BCUT2D eigenvalue weighted by Crippen LogP contribution is 2.39. The van der Waals surface area contributed by atoms with Crippen molar-refractivity contribution in [3.05, 3.63) is 18.2 Å². The van der Waals surface area contributed by atoms with Crippen LogP contribution in [0.5, 0.6) is 5.75 Å². The van der Waals surface area contributed by atoms with Gasteiger partial charge in [-0.2, -0.15) is 0 Å². The molecule has 2 N–H and O–H groups in total. The summed E-state index contributed by atoms with van der Waals surface area (Å²) in [6.07, 6.45) is 5.16. The van der Waals surface area contributed by atoms with Crippen molar-refractivity contribution in [3.8, 4) is 5.75 Å². The van der Waals surface area contributed by atoms with Crippen molar-refractivity contribution in [1.29, 1.82) is 0 Å². The minimum atomic E-state index is 0.563. The van der Waals surface area contributed by atoms with Crippen molar-refractivity contribution in [2.45, 2.75) is 46.5 Å². The summed E-state index contributed by atoms with van der Waals surface area (Å²) in [7, 11) is 0. The van der Waals surface area contributed by atoms with Crippen molar-refractivity contribution in [3.63, 3.8) is 0 Å². The van der Waals surface area contributed by atoms with E-state index in [1.54, 1.807) is 0 Å². The summed E-state index contributed by atoms with van der Waals surface area (Å²) >= 11 is 0. The fraction of sp³-hybridized carbons (Fsp3) is 0.647. The number of nitrogen functional groups attached to an aromatic ring is 1. The first-order chi connectivity index (χ1) is 9.64. The first-order valence-electron chi connectivity index (χ1n) is 7.91. The molecular formula is C17H28N2O. The number of hydrogen-bond acceptors (Lipinski definition) is 3. The molecule has 0 radical (unpaired) electrons. The lowest BCUT2D eigenvalue weighted by Gasteiger charge is -2.42. The van der Waals surface area contributed by atoms with Gasteiger partial charge in [0.2, 0.25) is 0 Å². The van der Waals surface area contributed by atoms with Crippen LogP contribution in [0, 0.1) is 5.41 Å². The minimum Gasteiger partial charge on any atom is -0.492 e. The Balaban J connectivity index is 2.09. The van der Waals surface area contributed by atoms with Gasteiger partial charge in [-0.3, -0.25) is 0 Å². The monoisotopic (exact) mass is 276 g/mol. The molecule has 112 valence electrons. The number of ether oxygens (including phenoxy) is 1. The van der Waals surface area contributed by atoms with Crippen LogP contribution in [-0.4, -0.2) is 19.7 Å². The molecule has 1 aliphatic rings. The summed E-state index contributed by atoms with van der Waals surface area (Å²) in [6, 6.07) is 6.16. The van der Waals surface area contributed by atoms with Crippen molar-refractivity contribution >= 4 is 11.4 Å². The van der Waals surface area contributed by atoms with Crippen LogP contribution in [0.15, 0.2) is 18.2 Å². The normalized spacial score (nSPS) is 18.1. The van der Waals surface area contributed by atoms with Crippen LogP contribution in [0.1, 0.15) is 46.5 Å². The number of nitrogens with zero attached hydrogens (tertiary/aromatic N) is 1. The van der Waals surface area contributed by atoms with Gasteiger partial charge in [-0.05, 0) is 37.3 Å². The van der Waals surface area contributed by atoms with E-state index in [-0.39, 0.29) is 0 Å². The standard InChI is InChI=1S/C17H28N2O/c1-4-17(5-2)9-11-19(12-10-17)14-7-8-15(18)16(13-14)20-6-3/h7-8,13H,4-6,9-12,18H2,1-3H3. The van der Waals surface area contributed by atoms with E-state index in [1.165, 1.54) is 31.4 Å². The molecular weight excluding hydrogens is 248 g/mol. The zero-order valence-electron chi connectivity index (χ0n) is 13.1. The number of piperidine rings is 1. The van der Waals surface area contributed by atoms with Gasteiger partial charge in [-0.15, -0.1) is 0 Å². The van der Waals surface area contributed by atoms with E-state index >= 15 is 0 Å². The maximum Gasteiger partial charge on any atom is 0.144 e. The molecule has 0 bridgehead atoms. The van der Waals surface area contributed by atoms with Crippen molar-refractivity contribution < 1.29 is 4.74 Å². The van der Waals surface area contributed by atoms with E-state index in [4.69, 9.17) is 10.5 Å². The molecule has 1 saturated heterocycles. The summed E-state index contributed by atoms with van der Waals surface area (Å²) in [5, 5.41) is 0. The largest absolute Gasteiger partial charge is 0.492 e. The molecule has 1 fully saturated rings. The lowest BCUT2D eigenvalue weighted by atomic mass is 9.74. The topological polar surface area (TPSA) is 38.5 Å². The van der Waals surface area contributed by atoms with E-state index in [9.17, 15) is 0 Å². The van der Waals surface area contributed by atoms with E-state index in [0.717, 1.165) is 24.5 Å². The summed E-state index contributed by atoms with van der Waals surface area (Å²) in [5.74, 6) is 0.813. The fourth-order valence-corrected chi connectivity index (χ4v) is 3.20. The number of rotatable bonds is 5. The van der Waals surface area contributed by atoms with Gasteiger partial charge in [0.25, 0.3) is 0 Å². The van der Waals surface area contributed by atoms with Crippen LogP contribution in [0.3, 0.4) is 0 Å². The number of anilines is 2. The molecule has 1 aliphatic heterocycles. The summed E-state index contributed by atoms with van der Waals surface area (Å²) in [4.78, 5) is 2.46. The second-order valence-electron chi connectivity index (χ2n) is 5.85. The molecule has 0 unspecified atom stereocenters. The third kappa shape index (κ3) is 3.02. The van der Waals surface area contributed by atoms with E-state index in [1.807, 2.05) is 13.0 Å². The quantitative estimate of drug-likeness (QED) is 0.824. The maximum atomic E-state index is 5.95. The van der Waals surface area contributed by atoms with Crippen LogP contribution in [0.25, 0.3) is 0 Å². The van der Waals surface area contributed by atoms with Crippen molar-refractivity contribution in [2.24, 2.45) is 5.41 Å². The van der Waals surface area contributed by atoms with Gasteiger partial charge in [0, 0.05) is 24.8 Å². The first-order valence-corrected chi connectivity index (χ1v) is 7.91. The smallest absolute Gasteiger partial charge is 0.144 e.